The van der Waals surface area contributed by atoms with E-state index in [2.05, 4.69) is 40.5 Å². The standard InChI is InChI=1S/C27H32N10O3/c1-38-9-5-29-15-22(14-28)24-18-32-26-27(33-24)37(35-34-26)19-20-3-2-4-21(13-20)25-30-16-23(17-31-25)40-12-8-36-6-10-39-11-7-36/h2-4,13-18,28-29H,5-12,19H2,1H3/b22-15+,28-14?. The second-order valence-corrected chi connectivity index (χ2v) is 9.09. The Morgan fingerprint density at radius 2 is 1.98 bits per heavy atom. The van der Waals surface area contributed by atoms with Crippen LogP contribution in [0.2, 0.25) is 0 Å². The number of hydrogen-bond donors (Lipinski definition) is 2. The van der Waals surface area contributed by atoms with Crippen LogP contribution < -0.4 is 10.1 Å². The third kappa shape index (κ3) is 7.00. The number of benzene rings is 1. The Morgan fingerprint density at radius 1 is 1.12 bits per heavy atom. The van der Waals surface area contributed by atoms with Crippen LogP contribution in [0.3, 0.4) is 0 Å². The van der Waals surface area contributed by atoms with Crippen molar-refractivity contribution in [3.05, 3.63) is 60.3 Å². The topological polar surface area (TPSA) is 149 Å². The molecule has 0 radical (unpaired) electrons. The van der Waals surface area contributed by atoms with E-state index in [1.807, 2.05) is 24.3 Å². The molecule has 0 spiro atoms. The van der Waals surface area contributed by atoms with Gasteiger partial charge in [-0.05, 0) is 11.6 Å². The highest BCUT2D eigenvalue weighted by atomic mass is 16.5. The fraction of sp³-hybridized carbons (Fsp3) is 0.370. The monoisotopic (exact) mass is 544 g/mol. The molecule has 0 atom stereocenters. The molecule has 13 nitrogen and oxygen atoms in total. The largest absolute Gasteiger partial charge is 0.489 e. The summed E-state index contributed by atoms with van der Waals surface area (Å²) in [5.41, 5.74) is 3.96. The van der Waals surface area contributed by atoms with Gasteiger partial charge in [-0.1, -0.05) is 23.4 Å². The summed E-state index contributed by atoms with van der Waals surface area (Å²) in [6.45, 7) is 6.44. The summed E-state index contributed by atoms with van der Waals surface area (Å²) in [5.74, 6) is 1.25. The van der Waals surface area contributed by atoms with E-state index in [4.69, 9.17) is 19.6 Å². The van der Waals surface area contributed by atoms with Gasteiger partial charge in [-0.2, -0.15) is 0 Å². The number of nitrogens with zero attached hydrogens (tertiary/aromatic N) is 8. The Labute approximate surface area is 231 Å². The SMILES string of the molecule is COCCN/C=C(\C=N)c1cnc2nnn(Cc3cccc(-c4ncc(OCCN5CCOCC5)cn4)c3)c2n1. The maximum atomic E-state index is 7.78. The Kier molecular flexibility index (Phi) is 9.29. The van der Waals surface area contributed by atoms with E-state index < -0.39 is 0 Å². The Hall–Kier alpha value is -4.33. The number of nitrogens with one attached hydrogen (secondary N) is 2. The highest BCUT2D eigenvalue weighted by Crippen LogP contribution is 2.20. The lowest BCUT2D eigenvalue weighted by molar-refractivity contribution is 0.0322. The van der Waals surface area contributed by atoms with Crippen molar-refractivity contribution < 1.29 is 14.2 Å². The van der Waals surface area contributed by atoms with E-state index in [1.165, 1.54) is 6.21 Å². The van der Waals surface area contributed by atoms with Gasteiger partial charge in [0.2, 0.25) is 5.65 Å². The molecule has 4 aromatic rings. The molecule has 208 valence electrons. The van der Waals surface area contributed by atoms with Crippen LogP contribution >= 0.6 is 0 Å². The van der Waals surface area contributed by atoms with Gasteiger partial charge < -0.3 is 24.9 Å². The van der Waals surface area contributed by atoms with Gasteiger partial charge in [-0.3, -0.25) is 4.90 Å². The Bertz CT molecular complexity index is 1430. The van der Waals surface area contributed by atoms with Crippen molar-refractivity contribution in [1.82, 2.24) is 45.1 Å². The van der Waals surface area contributed by atoms with E-state index in [0.717, 1.165) is 44.0 Å². The average Bonchev–Trinajstić information content (AvgIpc) is 3.40. The van der Waals surface area contributed by atoms with Crippen molar-refractivity contribution in [3.63, 3.8) is 0 Å². The minimum absolute atomic E-state index is 0.431. The molecule has 5 rings (SSSR count). The van der Waals surface area contributed by atoms with Gasteiger partial charge >= 0.3 is 0 Å². The number of fused-ring (bicyclic) bond motifs is 1. The number of allylic oxidation sites excluding steroid dienone is 1. The van der Waals surface area contributed by atoms with E-state index >= 15 is 0 Å². The fourth-order valence-electron chi connectivity index (χ4n) is 4.17. The third-order valence-electron chi connectivity index (χ3n) is 6.31. The first-order valence-corrected chi connectivity index (χ1v) is 13.1. The number of rotatable bonds is 13. The van der Waals surface area contributed by atoms with E-state index in [9.17, 15) is 0 Å². The fourth-order valence-corrected chi connectivity index (χ4v) is 4.17. The van der Waals surface area contributed by atoms with Crippen LogP contribution in [0.25, 0.3) is 28.3 Å². The van der Waals surface area contributed by atoms with Crippen LogP contribution in [0, 0.1) is 5.41 Å². The lowest BCUT2D eigenvalue weighted by Gasteiger charge is -2.26. The number of methoxy groups -OCH3 is 1. The molecule has 0 unspecified atom stereocenters. The number of ether oxygens (including phenoxy) is 3. The molecule has 0 aliphatic carbocycles. The average molecular weight is 545 g/mol. The number of aromatic nitrogens is 7. The second-order valence-electron chi connectivity index (χ2n) is 9.09. The van der Waals surface area contributed by atoms with Crippen molar-refractivity contribution in [2.24, 2.45) is 0 Å². The van der Waals surface area contributed by atoms with Crippen molar-refractivity contribution in [3.8, 4) is 17.1 Å². The van der Waals surface area contributed by atoms with Gasteiger partial charge in [-0.15, -0.1) is 5.10 Å². The number of morpholine rings is 1. The molecule has 1 fully saturated rings. The summed E-state index contributed by atoms with van der Waals surface area (Å²) in [6.07, 6.45) is 7.95. The smallest absolute Gasteiger partial charge is 0.221 e. The van der Waals surface area contributed by atoms with Gasteiger partial charge in [-0.25, -0.2) is 24.6 Å². The molecular formula is C27H32N10O3. The molecule has 1 aromatic carbocycles. The van der Waals surface area contributed by atoms with Gasteiger partial charge in [0.1, 0.15) is 6.61 Å². The first-order chi connectivity index (χ1) is 19.7. The molecule has 4 heterocycles. The maximum absolute atomic E-state index is 7.78. The molecule has 0 amide bonds. The van der Waals surface area contributed by atoms with Crippen molar-refractivity contribution in [2.45, 2.75) is 6.54 Å². The van der Waals surface area contributed by atoms with Crippen molar-refractivity contribution in [2.75, 3.05) is 59.7 Å². The van der Waals surface area contributed by atoms with E-state index in [-0.39, 0.29) is 0 Å². The van der Waals surface area contributed by atoms with Gasteiger partial charge in [0.15, 0.2) is 17.2 Å². The predicted octanol–water partition coefficient (Wildman–Crippen LogP) is 1.66. The van der Waals surface area contributed by atoms with Crippen LogP contribution in [0.1, 0.15) is 11.3 Å². The first kappa shape index (κ1) is 27.2. The third-order valence-corrected chi connectivity index (χ3v) is 6.31. The minimum atomic E-state index is 0.431. The predicted molar refractivity (Wildman–Crippen MR) is 149 cm³/mol. The molecule has 0 saturated carbocycles. The highest BCUT2D eigenvalue weighted by Gasteiger charge is 2.13. The zero-order chi connectivity index (χ0) is 27.6. The summed E-state index contributed by atoms with van der Waals surface area (Å²) in [4.78, 5) is 20.4. The molecule has 0 bridgehead atoms. The van der Waals surface area contributed by atoms with Crippen LogP contribution in [-0.4, -0.2) is 106 Å². The van der Waals surface area contributed by atoms with E-state index in [1.54, 1.807) is 36.6 Å². The molecule has 13 heteroatoms. The van der Waals surface area contributed by atoms with Crippen molar-refractivity contribution >= 4 is 23.1 Å². The molecule has 2 N–H and O–H groups in total. The molecule has 1 saturated heterocycles. The normalized spacial score (nSPS) is 14.4. The van der Waals surface area contributed by atoms with Crippen LogP contribution in [0.5, 0.6) is 5.75 Å². The van der Waals surface area contributed by atoms with E-state index in [0.29, 0.717) is 60.4 Å². The summed E-state index contributed by atoms with van der Waals surface area (Å²) in [7, 11) is 1.64. The zero-order valence-corrected chi connectivity index (χ0v) is 22.4. The summed E-state index contributed by atoms with van der Waals surface area (Å²) < 4.78 is 17.9. The second kappa shape index (κ2) is 13.6. The van der Waals surface area contributed by atoms with Crippen LogP contribution in [-0.2, 0) is 16.0 Å². The quantitative estimate of drug-likeness (QED) is 0.187. The molecule has 1 aliphatic rings. The van der Waals surface area contributed by atoms with Gasteiger partial charge in [0.25, 0.3) is 0 Å². The zero-order valence-electron chi connectivity index (χ0n) is 22.4. The Morgan fingerprint density at radius 3 is 2.77 bits per heavy atom. The lowest BCUT2D eigenvalue weighted by atomic mass is 10.1. The van der Waals surface area contributed by atoms with Crippen LogP contribution in [0.4, 0.5) is 0 Å². The summed E-state index contributed by atoms with van der Waals surface area (Å²) >= 11 is 0. The van der Waals surface area contributed by atoms with Gasteiger partial charge in [0.05, 0.1) is 50.6 Å². The van der Waals surface area contributed by atoms with Crippen LogP contribution in [0.15, 0.2) is 49.1 Å². The lowest BCUT2D eigenvalue weighted by Crippen LogP contribution is -2.38. The Balaban J connectivity index is 1.25. The summed E-state index contributed by atoms with van der Waals surface area (Å²) in [6, 6.07) is 7.94. The molecular weight excluding hydrogens is 512 g/mol. The molecule has 3 aromatic heterocycles. The minimum Gasteiger partial charge on any atom is -0.489 e. The highest BCUT2D eigenvalue weighted by molar-refractivity contribution is 6.07. The summed E-state index contributed by atoms with van der Waals surface area (Å²) in [5, 5.41) is 19.3. The van der Waals surface area contributed by atoms with Gasteiger partial charge in [0, 0.05) is 56.8 Å². The first-order valence-electron chi connectivity index (χ1n) is 13.1. The molecule has 40 heavy (non-hydrogen) atoms. The number of hydrogen-bond acceptors (Lipinski definition) is 12. The maximum Gasteiger partial charge on any atom is 0.221 e. The molecule has 1 aliphatic heterocycles. The van der Waals surface area contributed by atoms with Crippen molar-refractivity contribution in [1.29, 1.82) is 5.41 Å².